The molecule has 0 aliphatic carbocycles. The highest BCUT2D eigenvalue weighted by Gasteiger charge is 2.18. The van der Waals surface area contributed by atoms with E-state index in [0.29, 0.717) is 6.42 Å². The molecule has 0 aliphatic rings. The Labute approximate surface area is 496 Å². The summed E-state index contributed by atoms with van der Waals surface area (Å²) in [5.74, 6) is -0.0664. The molecule has 0 bridgehead atoms. The van der Waals surface area contributed by atoms with Crippen LogP contribution in [0.1, 0.15) is 393 Å². The van der Waals surface area contributed by atoms with E-state index in [9.17, 15) is 15.0 Å². The third kappa shape index (κ3) is 66.8. The van der Waals surface area contributed by atoms with Crippen molar-refractivity contribution in [1.82, 2.24) is 5.32 Å². The summed E-state index contributed by atoms with van der Waals surface area (Å²) in [4.78, 5) is 12.5. The van der Waals surface area contributed by atoms with Gasteiger partial charge in [0.1, 0.15) is 0 Å². The van der Waals surface area contributed by atoms with Crippen LogP contribution in [0.25, 0.3) is 0 Å². The van der Waals surface area contributed by atoms with Crippen LogP contribution in [0.5, 0.6) is 0 Å². The molecular formula is C75H141NO3. The summed E-state index contributed by atoms with van der Waals surface area (Å²) in [5.41, 5.74) is 0. The van der Waals surface area contributed by atoms with Gasteiger partial charge >= 0.3 is 0 Å². The van der Waals surface area contributed by atoms with E-state index >= 15 is 0 Å². The van der Waals surface area contributed by atoms with Gasteiger partial charge in [-0.3, -0.25) is 4.79 Å². The van der Waals surface area contributed by atoms with Gasteiger partial charge in [0, 0.05) is 6.42 Å². The zero-order valence-electron chi connectivity index (χ0n) is 53.7. The highest BCUT2D eigenvalue weighted by atomic mass is 16.3. The minimum Gasteiger partial charge on any atom is -0.394 e. The van der Waals surface area contributed by atoms with Gasteiger partial charge in [0.05, 0.1) is 18.8 Å². The summed E-state index contributed by atoms with van der Waals surface area (Å²) in [6.45, 7) is 4.33. The first-order chi connectivity index (χ1) is 39.2. The van der Waals surface area contributed by atoms with Crippen molar-refractivity contribution in [1.29, 1.82) is 0 Å². The van der Waals surface area contributed by atoms with E-state index in [1.54, 1.807) is 6.08 Å². The monoisotopic (exact) mass is 1100 g/mol. The van der Waals surface area contributed by atoms with Crippen molar-refractivity contribution in [2.24, 2.45) is 0 Å². The highest BCUT2D eigenvalue weighted by molar-refractivity contribution is 5.76. The molecule has 0 fully saturated rings. The van der Waals surface area contributed by atoms with Gasteiger partial charge in [0.25, 0.3) is 0 Å². The fourth-order valence-corrected chi connectivity index (χ4v) is 11.3. The molecule has 0 aliphatic heterocycles. The van der Waals surface area contributed by atoms with Crippen molar-refractivity contribution in [3.8, 4) is 0 Å². The maximum atomic E-state index is 12.5. The number of amides is 1. The van der Waals surface area contributed by atoms with Crippen molar-refractivity contribution in [3.63, 3.8) is 0 Å². The van der Waals surface area contributed by atoms with Gasteiger partial charge in [-0.2, -0.15) is 0 Å². The van der Waals surface area contributed by atoms with Gasteiger partial charge in [-0.05, 0) is 70.6 Å². The van der Waals surface area contributed by atoms with Gasteiger partial charge in [0.15, 0.2) is 0 Å². The largest absolute Gasteiger partial charge is 0.394 e. The fraction of sp³-hybridized carbons (Fsp3) is 0.853. The molecule has 0 rings (SSSR count). The van der Waals surface area contributed by atoms with E-state index in [0.717, 1.165) is 44.9 Å². The number of aliphatic hydroxyl groups is 2. The Morgan fingerprint density at radius 1 is 0.304 bits per heavy atom. The lowest BCUT2D eigenvalue weighted by molar-refractivity contribution is -0.123. The van der Waals surface area contributed by atoms with Crippen LogP contribution in [0.3, 0.4) is 0 Å². The lowest BCUT2D eigenvalue weighted by atomic mass is 10.0. The predicted octanol–water partition coefficient (Wildman–Crippen LogP) is 24.7. The van der Waals surface area contributed by atoms with Crippen LogP contribution in [-0.2, 0) is 4.79 Å². The third-order valence-electron chi connectivity index (χ3n) is 16.7. The van der Waals surface area contributed by atoms with Crippen LogP contribution < -0.4 is 5.32 Å². The van der Waals surface area contributed by atoms with Gasteiger partial charge in [-0.15, -0.1) is 0 Å². The first kappa shape index (κ1) is 77.1. The Balaban J connectivity index is 3.43. The number of allylic oxidation sites excluding steroid dienone is 9. The summed E-state index contributed by atoms with van der Waals surface area (Å²) in [7, 11) is 0. The number of rotatable bonds is 67. The summed E-state index contributed by atoms with van der Waals surface area (Å²) in [6.07, 6.45) is 100. The number of aliphatic hydroxyl groups excluding tert-OH is 2. The Morgan fingerprint density at radius 3 is 0.823 bits per heavy atom. The van der Waals surface area contributed by atoms with E-state index in [1.807, 2.05) is 6.08 Å². The molecule has 4 heteroatoms. The molecule has 0 saturated heterocycles. The average molecular weight is 1100 g/mol. The summed E-state index contributed by atoms with van der Waals surface area (Å²) in [5, 5.41) is 23.3. The zero-order valence-corrected chi connectivity index (χ0v) is 53.7. The van der Waals surface area contributed by atoms with Crippen molar-refractivity contribution in [2.75, 3.05) is 6.61 Å². The molecule has 4 nitrogen and oxygen atoms in total. The number of unbranched alkanes of at least 4 members (excludes halogenated alkanes) is 52. The number of carbonyl (C=O) groups is 1. The summed E-state index contributed by atoms with van der Waals surface area (Å²) in [6, 6.07) is -0.640. The summed E-state index contributed by atoms with van der Waals surface area (Å²) < 4.78 is 0. The quantitative estimate of drug-likeness (QED) is 0.0420. The molecule has 464 valence electrons. The third-order valence-corrected chi connectivity index (χ3v) is 16.7. The first-order valence-electron chi connectivity index (χ1n) is 36.0. The van der Waals surface area contributed by atoms with Crippen LogP contribution in [0.15, 0.2) is 60.8 Å². The molecule has 0 saturated carbocycles. The lowest BCUT2D eigenvalue weighted by Gasteiger charge is -2.19. The van der Waals surface area contributed by atoms with Crippen molar-refractivity contribution in [2.45, 2.75) is 405 Å². The Kier molecular flexibility index (Phi) is 68.7. The number of nitrogens with one attached hydrogen (secondary N) is 1. The SMILES string of the molecule is CCCCCCC/C=C\C/C=C\C/C=C\CCCCCCCCCCCCCCCCCCCCCCCCCCCCC(=O)NC(CO)C(O)/C=C/CC/C=C/CCCCCCCCCCCCCCCCCCCCCC. The molecule has 2 unspecified atom stereocenters. The number of hydrogen-bond donors (Lipinski definition) is 3. The second-order valence-corrected chi connectivity index (χ2v) is 24.6. The maximum Gasteiger partial charge on any atom is 0.220 e. The van der Waals surface area contributed by atoms with Crippen LogP contribution in [0.2, 0.25) is 0 Å². The molecular weight excluding hydrogens is 963 g/mol. The summed E-state index contributed by atoms with van der Waals surface area (Å²) >= 11 is 0. The van der Waals surface area contributed by atoms with Gasteiger partial charge in [0.2, 0.25) is 5.91 Å². The second kappa shape index (κ2) is 70.4. The molecule has 0 aromatic carbocycles. The van der Waals surface area contributed by atoms with Crippen molar-refractivity contribution >= 4 is 5.91 Å². The first-order valence-corrected chi connectivity index (χ1v) is 36.0. The van der Waals surface area contributed by atoms with Crippen LogP contribution in [0, 0.1) is 0 Å². The zero-order chi connectivity index (χ0) is 56.9. The predicted molar refractivity (Wildman–Crippen MR) is 354 cm³/mol. The van der Waals surface area contributed by atoms with Crippen LogP contribution in [-0.4, -0.2) is 34.9 Å². The van der Waals surface area contributed by atoms with Crippen molar-refractivity contribution in [3.05, 3.63) is 60.8 Å². The number of hydrogen-bond acceptors (Lipinski definition) is 3. The molecule has 0 aromatic heterocycles. The van der Waals surface area contributed by atoms with Gasteiger partial charge in [-0.25, -0.2) is 0 Å². The Morgan fingerprint density at radius 2 is 0.532 bits per heavy atom. The van der Waals surface area contributed by atoms with Crippen molar-refractivity contribution < 1.29 is 15.0 Å². The molecule has 0 aromatic rings. The average Bonchev–Trinajstić information content (AvgIpc) is 3.45. The van der Waals surface area contributed by atoms with E-state index in [2.05, 4.69) is 67.8 Å². The molecule has 3 N–H and O–H groups in total. The number of carbonyl (C=O) groups excluding carboxylic acids is 1. The minimum atomic E-state index is -0.864. The molecule has 0 heterocycles. The fourth-order valence-electron chi connectivity index (χ4n) is 11.3. The van der Waals surface area contributed by atoms with Crippen LogP contribution >= 0.6 is 0 Å². The Bertz CT molecular complexity index is 1300. The van der Waals surface area contributed by atoms with E-state index in [1.165, 1.54) is 327 Å². The lowest BCUT2D eigenvalue weighted by Crippen LogP contribution is -2.45. The van der Waals surface area contributed by atoms with E-state index < -0.39 is 12.1 Å². The Hall–Kier alpha value is -1.91. The topological polar surface area (TPSA) is 69.6 Å². The standard InChI is InChI=1S/C75H141NO3/c1-3-5-7-9-11-13-15-17-19-21-23-25-27-29-31-32-33-34-35-36-37-38-39-40-41-42-43-44-45-47-49-51-53-55-57-59-61-63-65-67-69-71-75(79)76-73(72-77)74(78)70-68-66-64-62-60-58-56-54-52-50-48-46-30-28-26-24-22-20-18-16-14-12-10-8-6-4-2/h15,17,21,23,27,29,60,62,68,70,73-74,77-78H,3-14,16,18-20,22,24-26,28,30-59,61,63-67,69,71-72H2,1-2H3,(H,76,79)/b17-15-,23-21-,29-27-,62-60+,70-68+. The second-order valence-electron chi connectivity index (χ2n) is 24.6. The smallest absolute Gasteiger partial charge is 0.220 e. The maximum absolute atomic E-state index is 12.5. The minimum absolute atomic E-state index is 0.0664. The van der Waals surface area contributed by atoms with Crippen LogP contribution in [0.4, 0.5) is 0 Å². The van der Waals surface area contributed by atoms with E-state index in [-0.39, 0.29) is 12.5 Å². The van der Waals surface area contributed by atoms with E-state index in [4.69, 9.17) is 0 Å². The van der Waals surface area contributed by atoms with Gasteiger partial charge in [-0.1, -0.05) is 376 Å². The molecule has 2 atom stereocenters. The molecule has 0 radical (unpaired) electrons. The normalized spacial score (nSPS) is 13.0. The highest BCUT2D eigenvalue weighted by Crippen LogP contribution is 2.19. The molecule has 0 spiro atoms. The molecule has 79 heavy (non-hydrogen) atoms. The molecule has 1 amide bonds. The van der Waals surface area contributed by atoms with Gasteiger partial charge < -0.3 is 15.5 Å².